The van der Waals surface area contributed by atoms with Crippen molar-refractivity contribution in [3.8, 4) is 5.88 Å². The minimum absolute atomic E-state index is 0.0534. The SMILES string of the molecule is Cc1cncc(OCC2CC(F)(F)C2)n1. The second kappa shape index (κ2) is 3.72. The summed E-state index contributed by atoms with van der Waals surface area (Å²) in [5.41, 5.74) is 0.756. The van der Waals surface area contributed by atoms with Crippen LogP contribution in [0.4, 0.5) is 8.78 Å². The fourth-order valence-corrected chi connectivity index (χ4v) is 1.62. The summed E-state index contributed by atoms with van der Waals surface area (Å²) in [7, 11) is 0. The lowest BCUT2D eigenvalue weighted by Gasteiger charge is -2.34. The van der Waals surface area contributed by atoms with Crippen LogP contribution in [0.3, 0.4) is 0 Å². The Morgan fingerprint density at radius 2 is 2.20 bits per heavy atom. The first kappa shape index (κ1) is 10.3. The van der Waals surface area contributed by atoms with Gasteiger partial charge in [-0.05, 0) is 6.92 Å². The van der Waals surface area contributed by atoms with Crippen molar-refractivity contribution >= 4 is 0 Å². The molecule has 0 spiro atoms. The number of rotatable bonds is 3. The van der Waals surface area contributed by atoms with Gasteiger partial charge in [-0.3, -0.25) is 4.98 Å². The smallest absolute Gasteiger partial charge is 0.248 e. The Balaban J connectivity index is 1.80. The van der Waals surface area contributed by atoms with Crippen LogP contribution < -0.4 is 4.74 Å². The Morgan fingerprint density at radius 1 is 1.47 bits per heavy atom. The predicted octanol–water partition coefficient (Wildman–Crippen LogP) is 2.21. The van der Waals surface area contributed by atoms with Crippen molar-refractivity contribution in [2.24, 2.45) is 5.92 Å². The van der Waals surface area contributed by atoms with Gasteiger partial charge in [0.15, 0.2) is 0 Å². The first-order valence-electron chi connectivity index (χ1n) is 4.84. The molecule has 15 heavy (non-hydrogen) atoms. The zero-order valence-electron chi connectivity index (χ0n) is 8.41. The summed E-state index contributed by atoms with van der Waals surface area (Å²) in [5.74, 6) is -2.13. The van der Waals surface area contributed by atoms with E-state index in [1.807, 2.05) is 0 Å². The highest BCUT2D eigenvalue weighted by atomic mass is 19.3. The normalized spacial score (nSPS) is 19.7. The molecular weight excluding hydrogens is 202 g/mol. The molecule has 1 aromatic rings. The molecule has 0 amide bonds. The maximum Gasteiger partial charge on any atom is 0.248 e. The second-order valence-electron chi connectivity index (χ2n) is 3.94. The van der Waals surface area contributed by atoms with Crippen molar-refractivity contribution in [1.29, 1.82) is 0 Å². The highest BCUT2D eigenvalue weighted by Crippen LogP contribution is 2.42. The number of aryl methyl sites for hydroxylation is 1. The molecule has 1 aliphatic carbocycles. The molecule has 0 radical (unpaired) electrons. The Kier molecular flexibility index (Phi) is 2.54. The summed E-state index contributed by atoms with van der Waals surface area (Å²) >= 11 is 0. The Hall–Kier alpha value is -1.26. The van der Waals surface area contributed by atoms with Gasteiger partial charge in [0.05, 0.1) is 18.5 Å². The lowest BCUT2D eigenvalue weighted by Crippen LogP contribution is -2.38. The van der Waals surface area contributed by atoms with Crippen LogP contribution in [0.2, 0.25) is 0 Å². The van der Waals surface area contributed by atoms with Gasteiger partial charge in [-0.2, -0.15) is 0 Å². The van der Waals surface area contributed by atoms with Crippen molar-refractivity contribution in [2.45, 2.75) is 25.7 Å². The molecule has 82 valence electrons. The van der Waals surface area contributed by atoms with E-state index in [9.17, 15) is 8.78 Å². The summed E-state index contributed by atoms with van der Waals surface area (Å²) in [6.45, 7) is 2.10. The largest absolute Gasteiger partial charge is 0.476 e. The number of halogens is 2. The number of aromatic nitrogens is 2. The molecule has 0 unspecified atom stereocenters. The van der Waals surface area contributed by atoms with Gasteiger partial charge in [0.1, 0.15) is 0 Å². The zero-order chi connectivity index (χ0) is 10.9. The highest BCUT2D eigenvalue weighted by molar-refractivity contribution is 5.07. The van der Waals surface area contributed by atoms with E-state index < -0.39 is 5.92 Å². The van der Waals surface area contributed by atoms with Crippen LogP contribution in [-0.4, -0.2) is 22.5 Å². The second-order valence-corrected chi connectivity index (χ2v) is 3.94. The summed E-state index contributed by atoms with van der Waals surface area (Å²) in [6.07, 6.45) is 2.95. The molecule has 2 rings (SSSR count). The third-order valence-electron chi connectivity index (χ3n) is 2.37. The third-order valence-corrected chi connectivity index (χ3v) is 2.37. The lowest BCUT2D eigenvalue weighted by atomic mass is 9.82. The Labute approximate surface area is 86.5 Å². The fraction of sp³-hybridized carbons (Fsp3) is 0.600. The minimum Gasteiger partial charge on any atom is -0.476 e. The van der Waals surface area contributed by atoms with Gasteiger partial charge in [-0.1, -0.05) is 0 Å². The van der Waals surface area contributed by atoms with Gasteiger partial charge in [0.2, 0.25) is 11.8 Å². The Morgan fingerprint density at radius 3 is 2.80 bits per heavy atom. The molecule has 0 atom stereocenters. The van der Waals surface area contributed by atoms with E-state index in [-0.39, 0.29) is 18.8 Å². The number of hydrogen-bond donors (Lipinski definition) is 0. The average Bonchev–Trinajstić information content (AvgIpc) is 2.11. The lowest BCUT2D eigenvalue weighted by molar-refractivity contribution is -0.119. The summed E-state index contributed by atoms with van der Waals surface area (Å²) in [6, 6.07) is 0. The highest BCUT2D eigenvalue weighted by Gasteiger charge is 2.45. The van der Waals surface area contributed by atoms with Gasteiger partial charge in [0, 0.05) is 25.0 Å². The van der Waals surface area contributed by atoms with Gasteiger partial charge in [-0.25, -0.2) is 13.8 Å². The van der Waals surface area contributed by atoms with E-state index in [0.29, 0.717) is 12.5 Å². The number of ether oxygens (including phenoxy) is 1. The molecule has 1 aromatic heterocycles. The van der Waals surface area contributed by atoms with Gasteiger partial charge >= 0.3 is 0 Å². The van der Waals surface area contributed by atoms with E-state index in [1.165, 1.54) is 6.20 Å². The minimum atomic E-state index is -2.48. The zero-order valence-corrected chi connectivity index (χ0v) is 8.41. The van der Waals surface area contributed by atoms with E-state index in [2.05, 4.69) is 9.97 Å². The molecule has 0 N–H and O–H groups in total. The van der Waals surface area contributed by atoms with Crippen molar-refractivity contribution in [3.05, 3.63) is 18.1 Å². The van der Waals surface area contributed by atoms with Crippen molar-refractivity contribution in [1.82, 2.24) is 9.97 Å². The number of alkyl halides is 2. The fourth-order valence-electron chi connectivity index (χ4n) is 1.62. The molecule has 1 aliphatic rings. The van der Waals surface area contributed by atoms with E-state index >= 15 is 0 Å². The molecule has 1 saturated carbocycles. The van der Waals surface area contributed by atoms with Crippen LogP contribution in [0.5, 0.6) is 5.88 Å². The maximum absolute atomic E-state index is 12.5. The third kappa shape index (κ3) is 2.61. The molecule has 0 aromatic carbocycles. The predicted molar refractivity (Wildman–Crippen MR) is 49.9 cm³/mol. The summed E-state index contributed by atoms with van der Waals surface area (Å²) < 4.78 is 30.3. The number of nitrogens with zero attached hydrogens (tertiary/aromatic N) is 2. The van der Waals surface area contributed by atoms with E-state index in [0.717, 1.165) is 5.69 Å². The number of hydrogen-bond acceptors (Lipinski definition) is 3. The van der Waals surface area contributed by atoms with Crippen molar-refractivity contribution in [3.63, 3.8) is 0 Å². The van der Waals surface area contributed by atoms with Crippen LogP contribution in [0.15, 0.2) is 12.4 Å². The molecular formula is C10H12F2N2O. The molecule has 0 bridgehead atoms. The summed E-state index contributed by atoms with van der Waals surface area (Å²) in [5, 5.41) is 0. The molecule has 0 aliphatic heterocycles. The van der Waals surface area contributed by atoms with Crippen LogP contribution in [0.1, 0.15) is 18.5 Å². The van der Waals surface area contributed by atoms with E-state index in [1.54, 1.807) is 13.1 Å². The quantitative estimate of drug-likeness (QED) is 0.773. The average molecular weight is 214 g/mol. The van der Waals surface area contributed by atoms with Crippen LogP contribution in [0.25, 0.3) is 0 Å². The van der Waals surface area contributed by atoms with Crippen LogP contribution in [-0.2, 0) is 0 Å². The molecule has 1 heterocycles. The van der Waals surface area contributed by atoms with E-state index in [4.69, 9.17) is 4.74 Å². The standard InChI is InChI=1S/C10H12F2N2O/c1-7-4-13-5-9(14-7)15-6-8-2-10(11,12)3-8/h4-5,8H,2-3,6H2,1H3. The van der Waals surface area contributed by atoms with Gasteiger partial charge in [-0.15, -0.1) is 0 Å². The Bertz CT molecular complexity index is 349. The first-order valence-corrected chi connectivity index (χ1v) is 4.84. The molecule has 5 heteroatoms. The topological polar surface area (TPSA) is 35.0 Å². The first-order chi connectivity index (χ1) is 7.05. The van der Waals surface area contributed by atoms with Gasteiger partial charge < -0.3 is 4.74 Å². The monoisotopic (exact) mass is 214 g/mol. The molecule has 1 fully saturated rings. The van der Waals surface area contributed by atoms with Crippen molar-refractivity contribution in [2.75, 3.05) is 6.61 Å². The van der Waals surface area contributed by atoms with Crippen molar-refractivity contribution < 1.29 is 13.5 Å². The maximum atomic E-state index is 12.5. The molecule has 3 nitrogen and oxygen atoms in total. The van der Waals surface area contributed by atoms with Gasteiger partial charge in [0.25, 0.3) is 0 Å². The van der Waals surface area contributed by atoms with Crippen LogP contribution >= 0.6 is 0 Å². The molecule has 0 saturated heterocycles. The summed E-state index contributed by atoms with van der Waals surface area (Å²) in [4.78, 5) is 7.97. The van der Waals surface area contributed by atoms with Crippen LogP contribution in [0, 0.1) is 12.8 Å².